The van der Waals surface area contributed by atoms with Gasteiger partial charge in [-0.1, -0.05) is 24.3 Å². The number of para-hydroxylation sites is 1. The van der Waals surface area contributed by atoms with E-state index in [9.17, 15) is 0 Å². The Morgan fingerprint density at radius 1 is 1.32 bits per heavy atom. The molecule has 114 valence electrons. The average Bonchev–Trinajstić information content (AvgIpc) is 2.60. The van der Waals surface area contributed by atoms with Crippen LogP contribution >= 0.6 is 0 Å². The molecule has 5 atom stereocenters. The summed E-state index contributed by atoms with van der Waals surface area (Å²) in [4.78, 5) is 7.04. The summed E-state index contributed by atoms with van der Waals surface area (Å²) in [5.74, 6) is 1.40. The maximum atomic E-state index is 6.71. The molecule has 0 aliphatic carbocycles. The second-order valence-corrected chi connectivity index (χ2v) is 6.69. The number of piperidine rings is 3. The number of hydrogen-bond acceptors (Lipinski definition) is 3. The highest BCUT2D eigenvalue weighted by atomic mass is 15.2. The van der Waals surface area contributed by atoms with Crippen LogP contribution < -0.4 is 5.73 Å². The maximum absolute atomic E-state index is 6.71. The van der Waals surface area contributed by atoms with E-state index in [0.29, 0.717) is 12.0 Å². The Morgan fingerprint density at radius 2 is 2.18 bits per heavy atom. The van der Waals surface area contributed by atoms with Gasteiger partial charge in [-0.05, 0) is 48.9 Å². The standard InChI is InChI=1S/C19H23N3/c1-2-13-12-22-10-8-14(13)11-18(22)19(20)16-7-9-21-17-6-4-3-5-15(16)17/h2-7,9,13-14,18-19H,1,8,10-12,20H2/t13-,14-,18+,19-/m0/s1. The Bertz CT molecular complexity index is 691. The van der Waals surface area contributed by atoms with Crippen molar-refractivity contribution in [2.24, 2.45) is 17.6 Å². The molecule has 0 radical (unpaired) electrons. The van der Waals surface area contributed by atoms with Crippen LogP contribution in [0.15, 0.2) is 49.2 Å². The largest absolute Gasteiger partial charge is 0.323 e. The number of aromatic nitrogens is 1. The van der Waals surface area contributed by atoms with Crippen LogP contribution in [0.4, 0.5) is 0 Å². The van der Waals surface area contributed by atoms with Crippen molar-refractivity contribution < 1.29 is 0 Å². The number of pyridine rings is 1. The van der Waals surface area contributed by atoms with Crippen LogP contribution in [-0.2, 0) is 0 Å². The summed E-state index contributed by atoms with van der Waals surface area (Å²) in [7, 11) is 0. The molecule has 22 heavy (non-hydrogen) atoms. The Kier molecular flexibility index (Phi) is 3.47. The van der Waals surface area contributed by atoms with Crippen LogP contribution in [0.2, 0.25) is 0 Å². The number of nitrogens with zero attached hydrogens (tertiary/aromatic N) is 2. The van der Waals surface area contributed by atoms with Crippen LogP contribution in [0.5, 0.6) is 0 Å². The van der Waals surface area contributed by atoms with Gasteiger partial charge in [0.25, 0.3) is 0 Å². The first kappa shape index (κ1) is 13.9. The Hall–Kier alpha value is -1.71. The Morgan fingerprint density at radius 3 is 2.95 bits per heavy atom. The molecule has 0 spiro atoms. The molecule has 3 aliphatic heterocycles. The fourth-order valence-corrected chi connectivity index (χ4v) is 4.37. The molecule has 1 aromatic heterocycles. The first-order valence-electron chi connectivity index (χ1n) is 8.24. The Labute approximate surface area is 131 Å². The van der Waals surface area contributed by atoms with Crippen LogP contribution in [0.1, 0.15) is 24.4 Å². The van der Waals surface area contributed by atoms with Crippen molar-refractivity contribution in [3.8, 4) is 0 Å². The van der Waals surface area contributed by atoms with Crippen LogP contribution in [-0.4, -0.2) is 29.0 Å². The smallest absolute Gasteiger partial charge is 0.0705 e. The van der Waals surface area contributed by atoms with Gasteiger partial charge in [0.05, 0.1) is 5.52 Å². The minimum absolute atomic E-state index is 0.0569. The van der Waals surface area contributed by atoms with Gasteiger partial charge in [-0.15, -0.1) is 6.58 Å². The second kappa shape index (κ2) is 5.49. The fraction of sp³-hybridized carbons (Fsp3) is 0.421. The first-order chi connectivity index (χ1) is 10.8. The topological polar surface area (TPSA) is 42.1 Å². The number of hydrogen-bond donors (Lipinski definition) is 1. The lowest BCUT2D eigenvalue weighted by Gasteiger charge is -2.51. The van der Waals surface area contributed by atoms with Crippen LogP contribution in [0, 0.1) is 11.8 Å². The number of fused-ring (bicyclic) bond motifs is 4. The molecule has 2 bridgehead atoms. The molecule has 4 heterocycles. The van der Waals surface area contributed by atoms with E-state index in [1.54, 1.807) is 0 Å². The van der Waals surface area contributed by atoms with E-state index in [2.05, 4.69) is 46.8 Å². The maximum Gasteiger partial charge on any atom is 0.0705 e. The lowest BCUT2D eigenvalue weighted by Crippen LogP contribution is -2.56. The molecule has 0 amide bonds. The predicted octanol–water partition coefficient (Wildman–Crippen LogP) is 3.13. The number of nitrogens with two attached hydrogens (primary N) is 1. The van der Waals surface area contributed by atoms with E-state index < -0.39 is 0 Å². The van der Waals surface area contributed by atoms with Gasteiger partial charge in [0, 0.05) is 30.2 Å². The minimum atomic E-state index is 0.0569. The quantitative estimate of drug-likeness (QED) is 0.884. The molecule has 5 rings (SSSR count). The second-order valence-electron chi connectivity index (χ2n) is 6.69. The zero-order valence-corrected chi connectivity index (χ0v) is 12.9. The third-order valence-electron chi connectivity index (χ3n) is 5.61. The van der Waals surface area contributed by atoms with Crippen LogP contribution in [0.3, 0.4) is 0 Å². The molecule has 0 saturated carbocycles. The first-order valence-corrected chi connectivity index (χ1v) is 8.24. The summed E-state index contributed by atoms with van der Waals surface area (Å²) >= 11 is 0. The third kappa shape index (κ3) is 2.16. The highest BCUT2D eigenvalue weighted by Gasteiger charge is 2.41. The molecule has 3 heteroatoms. The summed E-state index contributed by atoms with van der Waals surface area (Å²) < 4.78 is 0. The highest BCUT2D eigenvalue weighted by molar-refractivity contribution is 5.82. The molecule has 2 aromatic rings. The zero-order chi connectivity index (χ0) is 15.1. The van der Waals surface area contributed by atoms with Gasteiger partial charge >= 0.3 is 0 Å². The van der Waals surface area contributed by atoms with Gasteiger partial charge in [0.1, 0.15) is 0 Å². The van der Waals surface area contributed by atoms with Crippen molar-refractivity contribution in [3.63, 3.8) is 0 Å². The summed E-state index contributed by atoms with van der Waals surface area (Å²) in [6.45, 7) is 6.30. The average molecular weight is 293 g/mol. The molecule has 3 saturated heterocycles. The van der Waals surface area contributed by atoms with Gasteiger partial charge in [-0.25, -0.2) is 0 Å². The van der Waals surface area contributed by atoms with Crippen molar-refractivity contribution >= 4 is 10.9 Å². The predicted molar refractivity (Wildman–Crippen MR) is 90.4 cm³/mol. The van der Waals surface area contributed by atoms with Crippen molar-refractivity contribution in [2.75, 3.05) is 13.1 Å². The highest BCUT2D eigenvalue weighted by Crippen LogP contribution is 2.41. The monoisotopic (exact) mass is 293 g/mol. The molecule has 2 N–H and O–H groups in total. The van der Waals surface area contributed by atoms with Gasteiger partial charge in [-0.2, -0.15) is 0 Å². The van der Waals surface area contributed by atoms with Crippen molar-refractivity contribution in [2.45, 2.75) is 24.9 Å². The van der Waals surface area contributed by atoms with Gasteiger partial charge in [0.15, 0.2) is 0 Å². The molecule has 3 fully saturated rings. The molecule has 1 aromatic carbocycles. The van der Waals surface area contributed by atoms with E-state index in [1.165, 1.54) is 30.3 Å². The molecule has 3 aliphatic rings. The zero-order valence-electron chi connectivity index (χ0n) is 12.9. The lowest BCUT2D eigenvalue weighted by molar-refractivity contribution is 0.00749. The van der Waals surface area contributed by atoms with Crippen molar-refractivity contribution in [1.82, 2.24) is 9.88 Å². The van der Waals surface area contributed by atoms with E-state index in [-0.39, 0.29) is 6.04 Å². The van der Waals surface area contributed by atoms with E-state index in [4.69, 9.17) is 5.73 Å². The summed E-state index contributed by atoms with van der Waals surface area (Å²) in [6, 6.07) is 10.9. The van der Waals surface area contributed by atoms with Crippen molar-refractivity contribution in [3.05, 3.63) is 54.7 Å². The molecule has 1 unspecified atom stereocenters. The van der Waals surface area contributed by atoms with E-state index in [0.717, 1.165) is 18.0 Å². The SMILES string of the molecule is C=C[C@H]1CN2CC[C@H]1C[C@@H]2[C@@H](N)c1ccnc2ccccc12. The van der Waals surface area contributed by atoms with Gasteiger partial charge in [0.2, 0.25) is 0 Å². The minimum Gasteiger partial charge on any atom is -0.323 e. The lowest BCUT2D eigenvalue weighted by atomic mass is 9.73. The summed E-state index contributed by atoms with van der Waals surface area (Å²) in [6.07, 6.45) is 6.51. The normalized spacial score (nSPS) is 32.0. The third-order valence-corrected chi connectivity index (χ3v) is 5.61. The van der Waals surface area contributed by atoms with Gasteiger partial charge < -0.3 is 5.73 Å². The van der Waals surface area contributed by atoms with Gasteiger partial charge in [-0.3, -0.25) is 9.88 Å². The summed E-state index contributed by atoms with van der Waals surface area (Å²) in [5, 5.41) is 1.19. The van der Waals surface area contributed by atoms with E-state index in [1.807, 2.05) is 12.3 Å². The summed E-state index contributed by atoms with van der Waals surface area (Å²) in [5.41, 5.74) is 8.99. The molecular formula is C19H23N3. The fourth-order valence-electron chi connectivity index (χ4n) is 4.37. The molecular weight excluding hydrogens is 270 g/mol. The number of rotatable bonds is 3. The Balaban J connectivity index is 1.67. The van der Waals surface area contributed by atoms with E-state index >= 15 is 0 Å². The number of benzene rings is 1. The van der Waals surface area contributed by atoms with Crippen molar-refractivity contribution in [1.29, 1.82) is 0 Å². The molecule has 3 nitrogen and oxygen atoms in total. The van der Waals surface area contributed by atoms with Crippen LogP contribution in [0.25, 0.3) is 10.9 Å².